The molecule has 0 aliphatic carbocycles. The first-order valence-corrected chi connectivity index (χ1v) is 8.59. The van der Waals surface area contributed by atoms with Gasteiger partial charge in [-0.3, -0.25) is 9.78 Å². The second-order valence-corrected chi connectivity index (χ2v) is 6.04. The van der Waals surface area contributed by atoms with Gasteiger partial charge in [-0.1, -0.05) is 0 Å². The second kappa shape index (κ2) is 7.92. The van der Waals surface area contributed by atoms with Gasteiger partial charge in [-0.05, 0) is 38.8 Å². The molecule has 3 rings (SSSR count). The zero-order valence-electron chi connectivity index (χ0n) is 14.6. The van der Waals surface area contributed by atoms with Crippen LogP contribution in [0.5, 0.6) is 5.88 Å². The van der Waals surface area contributed by atoms with Crippen LogP contribution in [0.15, 0.2) is 30.7 Å². The SMILES string of the molecule is CCOc1nccnc1NC1CCN(C(=O)c2ccc(C)nc2)CC1. The highest BCUT2D eigenvalue weighted by Gasteiger charge is 2.24. The van der Waals surface area contributed by atoms with Crippen molar-refractivity contribution in [2.75, 3.05) is 25.0 Å². The molecule has 1 aliphatic heterocycles. The minimum absolute atomic E-state index is 0.0421. The van der Waals surface area contributed by atoms with E-state index in [1.165, 1.54) is 0 Å². The molecule has 0 aromatic carbocycles. The molecule has 7 heteroatoms. The van der Waals surface area contributed by atoms with E-state index in [1.54, 1.807) is 18.6 Å². The predicted molar refractivity (Wildman–Crippen MR) is 94.7 cm³/mol. The molecule has 0 radical (unpaired) electrons. The van der Waals surface area contributed by atoms with Crippen molar-refractivity contribution in [3.05, 3.63) is 42.0 Å². The normalized spacial score (nSPS) is 15.0. The monoisotopic (exact) mass is 341 g/mol. The molecule has 0 saturated carbocycles. The molecule has 1 N–H and O–H groups in total. The van der Waals surface area contributed by atoms with Crippen LogP contribution in [0.3, 0.4) is 0 Å². The Morgan fingerprint density at radius 3 is 2.68 bits per heavy atom. The highest BCUT2D eigenvalue weighted by atomic mass is 16.5. The molecule has 0 spiro atoms. The van der Waals surface area contributed by atoms with Crippen LogP contribution < -0.4 is 10.1 Å². The number of rotatable bonds is 5. The summed E-state index contributed by atoms with van der Waals surface area (Å²) in [5.41, 5.74) is 1.55. The molecule has 0 atom stereocenters. The van der Waals surface area contributed by atoms with Gasteiger partial charge in [-0.2, -0.15) is 0 Å². The number of amides is 1. The summed E-state index contributed by atoms with van der Waals surface area (Å²) in [5.74, 6) is 1.23. The number of aromatic nitrogens is 3. The van der Waals surface area contributed by atoms with Crippen molar-refractivity contribution < 1.29 is 9.53 Å². The van der Waals surface area contributed by atoms with Crippen LogP contribution in [0, 0.1) is 6.92 Å². The third kappa shape index (κ3) is 4.23. The topological polar surface area (TPSA) is 80.2 Å². The quantitative estimate of drug-likeness (QED) is 0.899. The number of aryl methyl sites for hydroxylation is 1. The van der Waals surface area contributed by atoms with Crippen molar-refractivity contribution in [1.82, 2.24) is 19.9 Å². The number of piperidine rings is 1. The van der Waals surface area contributed by atoms with Crippen LogP contribution in [0.2, 0.25) is 0 Å². The van der Waals surface area contributed by atoms with E-state index in [-0.39, 0.29) is 11.9 Å². The summed E-state index contributed by atoms with van der Waals surface area (Å²) < 4.78 is 5.50. The minimum atomic E-state index is 0.0421. The first-order chi connectivity index (χ1) is 12.2. The Balaban J connectivity index is 1.57. The summed E-state index contributed by atoms with van der Waals surface area (Å²) in [7, 11) is 0. The minimum Gasteiger partial charge on any atom is -0.475 e. The fraction of sp³-hybridized carbons (Fsp3) is 0.444. The van der Waals surface area contributed by atoms with Crippen LogP contribution in [0.4, 0.5) is 5.82 Å². The zero-order valence-corrected chi connectivity index (χ0v) is 14.6. The Morgan fingerprint density at radius 1 is 1.24 bits per heavy atom. The van der Waals surface area contributed by atoms with Gasteiger partial charge in [0, 0.05) is 43.4 Å². The van der Waals surface area contributed by atoms with Gasteiger partial charge < -0.3 is 15.0 Å². The molecule has 0 bridgehead atoms. The van der Waals surface area contributed by atoms with Gasteiger partial charge in [0.1, 0.15) is 0 Å². The van der Waals surface area contributed by atoms with Gasteiger partial charge in [-0.25, -0.2) is 9.97 Å². The number of pyridine rings is 1. The van der Waals surface area contributed by atoms with Crippen molar-refractivity contribution in [2.24, 2.45) is 0 Å². The molecular formula is C18H23N5O2. The zero-order chi connectivity index (χ0) is 17.6. The summed E-state index contributed by atoms with van der Waals surface area (Å²) in [6.07, 6.45) is 6.62. The van der Waals surface area contributed by atoms with Gasteiger partial charge in [-0.15, -0.1) is 0 Å². The maximum atomic E-state index is 12.5. The van der Waals surface area contributed by atoms with E-state index in [0.717, 1.165) is 18.5 Å². The average Bonchev–Trinajstić information content (AvgIpc) is 2.64. The Morgan fingerprint density at radius 2 is 2.00 bits per heavy atom. The van der Waals surface area contributed by atoms with Crippen LogP contribution in [0.1, 0.15) is 35.8 Å². The van der Waals surface area contributed by atoms with Crippen molar-refractivity contribution in [2.45, 2.75) is 32.7 Å². The van der Waals surface area contributed by atoms with E-state index in [9.17, 15) is 4.79 Å². The summed E-state index contributed by atoms with van der Waals surface area (Å²) >= 11 is 0. The molecule has 3 heterocycles. The average molecular weight is 341 g/mol. The van der Waals surface area contributed by atoms with E-state index >= 15 is 0 Å². The van der Waals surface area contributed by atoms with Crippen LogP contribution in [0.25, 0.3) is 0 Å². The lowest BCUT2D eigenvalue weighted by atomic mass is 10.0. The maximum Gasteiger partial charge on any atom is 0.257 e. The Bertz CT molecular complexity index is 712. The number of hydrogen-bond acceptors (Lipinski definition) is 6. The number of anilines is 1. The van der Waals surface area contributed by atoms with E-state index in [1.807, 2.05) is 30.9 Å². The van der Waals surface area contributed by atoms with Crippen molar-refractivity contribution in [3.63, 3.8) is 0 Å². The highest BCUT2D eigenvalue weighted by molar-refractivity contribution is 5.94. The number of nitrogens with zero attached hydrogens (tertiary/aromatic N) is 4. The molecule has 1 aliphatic rings. The summed E-state index contributed by atoms with van der Waals surface area (Å²) in [6, 6.07) is 3.95. The first-order valence-electron chi connectivity index (χ1n) is 8.59. The lowest BCUT2D eigenvalue weighted by molar-refractivity contribution is 0.0718. The predicted octanol–water partition coefficient (Wildman–Crippen LogP) is 2.30. The second-order valence-electron chi connectivity index (χ2n) is 6.04. The number of likely N-dealkylation sites (tertiary alicyclic amines) is 1. The molecule has 1 saturated heterocycles. The standard InChI is InChI=1S/C18H23N5O2/c1-3-25-17-16(19-8-9-20-17)22-15-6-10-23(11-7-15)18(24)14-5-4-13(2)21-12-14/h4-5,8-9,12,15H,3,6-7,10-11H2,1-2H3,(H,19,22). The number of nitrogens with one attached hydrogen (secondary N) is 1. The maximum absolute atomic E-state index is 12.5. The molecule has 25 heavy (non-hydrogen) atoms. The summed E-state index contributed by atoms with van der Waals surface area (Å²) in [6.45, 7) is 5.78. The first kappa shape index (κ1) is 17.1. The largest absolute Gasteiger partial charge is 0.475 e. The van der Waals surface area contributed by atoms with Crippen LogP contribution in [-0.2, 0) is 0 Å². The molecule has 1 amide bonds. The van der Waals surface area contributed by atoms with E-state index in [0.29, 0.717) is 37.0 Å². The van der Waals surface area contributed by atoms with Crippen molar-refractivity contribution in [1.29, 1.82) is 0 Å². The molecular weight excluding hydrogens is 318 g/mol. The Kier molecular flexibility index (Phi) is 5.42. The fourth-order valence-electron chi connectivity index (χ4n) is 2.86. The smallest absolute Gasteiger partial charge is 0.257 e. The third-order valence-electron chi connectivity index (χ3n) is 4.23. The molecule has 2 aromatic rings. The molecule has 7 nitrogen and oxygen atoms in total. The number of carbonyl (C=O) groups excluding carboxylic acids is 1. The van der Waals surface area contributed by atoms with Gasteiger partial charge in [0.05, 0.1) is 12.2 Å². The highest BCUT2D eigenvalue weighted by Crippen LogP contribution is 2.22. The lowest BCUT2D eigenvalue weighted by Crippen LogP contribution is -2.42. The van der Waals surface area contributed by atoms with E-state index in [4.69, 9.17) is 4.74 Å². The van der Waals surface area contributed by atoms with Crippen LogP contribution >= 0.6 is 0 Å². The van der Waals surface area contributed by atoms with Crippen LogP contribution in [-0.4, -0.2) is 51.5 Å². The number of ether oxygens (including phenoxy) is 1. The molecule has 1 fully saturated rings. The summed E-state index contributed by atoms with van der Waals surface area (Å²) in [4.78, 5) is 27.1. The molecule has 0 unspecified atom stereocenters. The number of carbonyl (C=O) groups is 1. The van der Waals surface area contributed by atoms with Gasteiger partial charge >= 0.3 is 0 Å². The van der Waals surface area contributed by atoms with Gasteiger partial charge in [0.2, 0.25) is 0 Å². The summed E-state index contributed by atoms with van der Waals surface area (Å²) in [5, 5.41) is 3.39. The van der Waals surface area contributed by atoms with Gasteiger partial charge in [0.15, 0.2) is 5.82 Å². The van der Waals surface area contributed by atoms with Crippen molar-refractivity contribution >= 4 is 11.7 Å². The van der Waals surface area contributed by atoms with Crippen molar-refractivity contribution in [3.8, 4) is 5.88 Å². The number of hydrogen-bond donors (Lipinski definition) is 1. The Hall–Kier alpha value is -2.70. The van der Waals surface area contributed by atoms with Gasteiger partial charge in [0.25, 0.3) is 11.8 Å². The fourth-order valence-corrected chi connectivity index (χ4v) is 2.86. The lowest BCUT2D eigenvalue weighted by Gasteiger charge is -2.32. The van der Waals surface area contributed by atoms with E-state index < -0.39 is 0 Å². The Labute approximate surface area is 147 Å². The van der Waals surface area contributed by atoms with E-state index in [2.05, 4.69) is 20.3 Å². The third-order valence-corrected chi connectivity index (χ3v) is 4.23. The molecule has 2 aromatic heterocycles. The molecule has 132 valence electrons.